The summed E-state index contributed by atoms with van der Waals surface area (Å²) in [6, 6.07) is 10.1. The lowest BCUT2D eigenvalue weighted by molar-refractivity contribution is 0.0533. The Bertz CT molecular complexity index is 391. The Labute approximate surface area is 109 Å². The fraction of sp³-hybridized carbons (Fsp3) is 0.533. The molecule has 0 bridgehead atoms. The largest absolute Gasteiger partial charge is 0.336 e. The minimum absolute atomic E-state index is 0.171. The lowest BCUT2D eigenvalue weighted by Crippen LogP contribution is -2.53. The van der Waals surface area contributed by atoms with Gasteiger partial charge in [0.05, 0.1) is 0 Å². The molecule has 1 aromatic rings. The number of carbonyl (C=O) groups excluding carboxylic acids is 1. The zero-order valence-electron chi connectivity index (χ0n) is 11.3. The highest BCUT2D eigenvalue weighted by molar-refractivity contribution is 5.94. The van der Waals surface area contributed by atoms with Crippen molar-refractivity contribution in [3.8, 4) is 0 Å². The van der Waals surface area contributed by atoms with Crippen LogP contribution < -0.4 is 0 Å². The highest BCUT2D eigenvalue weighted by Crippen LogP contribution is 2.15. The molecule has 1 aliphatic heterocycles. The molecular formula is C15H22N2O. The maximum absolute atomic E-state index is 12.4. The van der Waals surface area contributed by atoms with Crippen molar-refractivity contribution in [2.24, 2.45) is 0 Å². The molecule has 1 saturated heterocycles. The fourth-order valence-corrected chi connectivity index (χ4v) is 2.54. The number of hydrogen-bond donors (Lipinski definition) is 0. The normalized spacial score (nSPS) is 21.0. The Morgan fingerprint density at radius 3 is 2.67 bits per heavy atom. The monoisotopic (exact) mass is 246 g/mol. The second-order valence-corrected chi connectivity index (χ2v) is 5.04. The molecule has 0 saturated carbocycles. The average Bonchev–Trinajstić information content (AvgIpc) is 2.42. The van der Waals surface area contributed by atoms with Gasteiger partial charge in [-0.1, -0.05) is 31.5 Å². The Hall–Kier alpha value is -1.35. The van der Waals surface area contributed by atoms with Gasteiger partial charge in [0.2, 0.25) is 0 Å². The Kier molecular flexibility index (Phi) is 4.37. The molecule has 0 radical (unpaired) electrons. The highest BCUT2D eigenvalue weighted by atomic mass is 16.2. The summed E-state index contributed by atoms with van der Waals surface area (Å²) >= 11 is 0. The first-order valence-corrected chi connectivity index (χ1v) is 6.77. The van der Waals surface area contributed by atoms with E-state index in [4.69, 9.17) is 0 Å². The second kappa shape index (κ2) is 6.01. The third kappa shape index (κ3) is 2.91. The third-order valence-corrected chi connectivity index (χ3v) is 3.71. The van der Waals surface area contributed by atoms with Gasteiger partial charge < -0.3 is 4.90 Å². The minimum Gasteiger partial charge on any atom is -0.336 e. The van der Waals surface area contributed by atoms with Crippen LogP contribution in [0.1, 0.15) is 30.1 Å². The van der Waals surface area contributed by atoms with Crippen LogP contribution in [0.5, 0.6) is 0 Å². The van der Waals surface area contributed by atoms with Gasteiger partial charge in [0.15, 0.2) is 0 Å². The number of nitrogens with zero attached hydrogens (tertiary/aromatic N) is 2. The van der Waals surface area contributed by atoms with Gasteiger partial charge in [0, 0.05) is 31.2 Å². The molecule has 3 heteroatoms. The summed E-state index contributed by atoms with van der Waals surface area (Å²) in [4.78, 5) is 16.7. The molecule has 3 nitrogen and oxygen atoms in total. The molecule has 1 unspecified atom stereocenters. The fourth-order valence-electron chi connectivity index (χ4n) is 2.54. The van der Waals surface area contributed by atoms with E-state index in [2.05, 4.69) is 18.9 Å². The minimum atomic E-state index is 0.171. The molecule has 98 valence electrons. The predicted molar refractivity (Wildman–Crippen MR) is 73.7 cm³/mol. The molecule has 1 heterocycles. The smallest absolute Gasteiger partial charge is 0.253 e. The molecule has 0 N–H and O–H groups in total. The molecule has 18 heavy (non-hydrogen) atoms. The van der Waals surface area contributed by atoms with Crippen molar-refractivity contribution >= 4 is 5.91 Å². The van der Waals surface area contributed by atoms with E-state index in [0.717, 1.165) is 31.6 Å². The number of hydrogen-bond acceptors (Lipinski definition) is 2. The first-order valence-electron chi connectivity index (χ1n) is 6.77. The molecule has 2 rings (SSSR count). The lowest BCUT2D eigenvalue weighted by atomic mass is 10.1. The maximum atomic E-state index is 12.4. The summed E-state index contributed by atoms with van der Waals surface area (Å²) in [6.45, 7) is 4.87. The molecule has 1 aliphatic rings. The summed E-state index contributed by atoms with van der Waals surface area (Å²) < 4.78 is 0. The summed E-state index contributed by atoms with van der Waals surface area (Å²) in [5, 5.41) is 0. The van der Waals surface area contributed by atoms with Crippen LogP contribution in [-0.2, 0) is 0 Å². The van der Waals surface area contributed by atoms with Gasteiger partial charge in [-0.25, -0.2) is 0 Å². The number of piperazine rings is 1. The topological polar surface area (TPSA) is 23.6 Å². The second-order valence-electron chi connectivity index (χ2n) is 5.04. The summed E-state index contributed by atoms with van der Waals surface area (Å²) in [7, 11) is 2.16. The van der Waals surface area contributed by atoms with Crippen molar-refractivity contribution in [2.75, 3.05) is 26.7 Å². The predicted octanol–water partition coefficient (Wildman–Crippen LogP) is 2.24. The van der Waals surface area contributed by atoms with E-state index >= 15 is 0 Å². The molecule has 1 fully saturated rings. The number of likely N-dealkylation sites (N-methyl/N-ethyl adjacent to an activating group) is 1. The van der Waals surface area contributed by atoms with Crippen LogP contribution in [0.25, 0.3) is 0 Å². The number of amides is 1. The molecule has 0 aliphatic carbocycles. The van der Waals surface area contributed by atoms with Crippen LogP contribution in [0, 0.1) is 0 Å². The van der Waals surface area contributed by atoms with Gasteiger partial charge in [-0.05, 0) is 25.6 Å². The highest BCUT2D eigenvalue weighted by Gasteiger charge is 2.26. The van der Waals surface area contributed by atoms with E-state index in [1.54, 1.807) is 0 Å². The molecule has 1 atom stereocenters. The molecule has 0 spiro atoms. The number of carbonyl (C=O) groups is 1. The first-order chi connectivity index (χ1) is 8.72. The summed E-state index contributed by atoms with van der Waals surface area (Å²) in [6.07, 6.45) is 2.33. The standard InChI is InChI=1S/C15H22N2O/c1-3-7-14-12-17(11-10-16(14)2)15(18)13-8-5-4-6-9-13/h4-6,8-9,14H,3,7,10-12H2,1-2H3. The van der Waals surface area contributed by atoms with Gasteiger partial charge >= 0.3 is 0 Å². The SMILES string of the molecule is CCCC1CN(C(=O)c2ccccc2)CCN1C. The van der Waals surface area contributed by atoms with E-state index < -0.39 is 0 Å². The number of benzene rings is 1. The lowest BCUT2D eigenvalue weighted by Gasteiger charge is -2.39. The van der Waals surface area contributed by atoms with Crippen LogP contribution in [-0.4, -0.2) is 48.4 Å². The van der Waals surface area contributed by atoms with Crippen molar-refractivity contribution in [2.45, 2.75) is 25.8 Å². The zero-order valence-corrected chi connectivity index (χ0v) is 11.3. The third-order valence-electron chi connectivity index (χ3n) is 3.71. The molecule has 1 aromatic carbocycles. The Morgan fingerprint density at radius 2 is 2.00 bits per heavy atom. The van der Waals surface area contributed by atoms with Gasteiger partial charge in [0.1, 0.15) is 0 Å². The quantitative estimate of drug-likeness (QED) is 0.816. The summed E-state index contributed by atoms with van der Waals surface area (Å²) in [5.74, 6) is 0.171. The summed E-state index contributed by atoms with van der Waals surface area (Å²) in [5.41, 5.74) is 0.803. The Balaban J connectivity index is 2.03. The van der Waals surface area contributed by atoms with Crippen LogP contribution in [0.4, 0.5) is 0 Å². The van der Waals surface area contributed by atoms with Crippen molar-refractivity contribution in [3.05, 3.63) is 35.9 Å². The van der Waals surface area contributed by atoms with Gasteiger partial charge in [0.25, 0.3) is 5.91 Å². The van der Waals surface area contributed by atoms with Crippen LogP contribution >= 0.6 is 0 Å². The van der Waals surface area contributed by atoms with Crippen molar-refractivity contribution in [3.63, 3.8) is 0 Å². The van der Waals surface area contributed by atoms with E-state index in [-0.39, 0.29) is 5.91 Å². The van der Waals surface area contributed by atoms with E-state index in [1.165, 1.54) is 6.42 Å². The first kappa shape index (κ1) is 13.1. The van der Waals surface area contributed by atoms with Crippen molar-refractivity contribution < 1.29 is 4.79 Å². The van der Waals surface area contributed by atoms with Crippen LogP contribution in [0.2, 0.25) is 0 Å². The molecular weight excluding hydrogens is 224 g/mol. The van der Waals surface area contributed by atoms with Crippen LogP contribution in [0.15, 0.2) is 30.3 Å². The van der Waals surface area contributed by atoms with E-state index in [0.29, 0.717) is 6.04 Å². The van der Waals surface area contributed by atoms with Crippen LogP contribution in [0.3, 0.4) is 0 Å². The Morgan fingerprint density at radius 1 is 1.28 bits per heavy atom. The maximum Gasteiger partial charge on any atom is 0.253 e. The van der Waals surface area contributed by atoms with Crippen molar-refractivity contribution in [1.29, 1.82) is 0 Å². The van der Waals surface area contributed by atoms with Gasteiger partial charge in [-0.2, -0.15) is 0 Å². The van der Waals surface area contributed by atoms with E-state index in [9.17, 15) is 4.79 Å². The van der Waals surface area contributed by atoms with Gasteiger partial charge in [-0.15, -0.1) is 0 Å². The van der Waals surface area contributed by atoms with Gasteiger partial charge in [-0.3, -0.25) is 9.69 Å². The molecule has 0 aromatic heterocycles. The number of rotatable bonds is 3. The van der Waals surface area contributed by atoms with E-state index in [1.807, 2.05) is 35.2 Å². The molecule has 1 amide bonds. The average molecular weight is 246 g/mol. The van der Waals surface area contributed by atoms with Crippen molar-refractivity contribution in [1.82, 2.24) is 9.80 Å². The zero-order chi connectivity index (χ0) is 13.0.